The number of fused-ring (bicyclic) bond motifs is 2. The number of ether oxygens (including phenoxy) is 1. The molecule has 0 bridgehead atoms. The van der Waals surface area contributed by atoms with E-state index in [9.17, 15) is 19.2 Å². The lowest BCUT2D eigenvalue weighted by Crippen LogP contribution is -2.36. The summed E-state index contributed by atoms with van der Waals surface area (Å²) in [5.74, 6) is 0.350. The van der Waals surface area contributed by atoms with Crippen molar-refractivity contribution >= 4 is 62.2 Å². The third-order valence-corrected chi connectivity index (χ3v) is 9.86. The minimum Gasteiger partial charge on any atom is -0.444 e. The summed E-state index contributed by atoms with van der Waals surface area (Å²) in [5.41, 5.74) is -1.12. The third-order valence-electron chi connectivity index (χ3n) is 7.68. The maximum atomic E-state index is 13.4. The molecule has 0 unspecified atom stereocenters. The Morgan fingerprint density at radius 3 is 2.58 bits per heavy atom. The Kier molecular flexibility index (Phi) is 8.64. The van der Waals surface area contributed by atoms with Crippen molar-refractivity contribution in [2.24, 2.45) is 0 Å². The second-order valence-electron chi connectivity index (χ2n) is 12.2. The van der Waals surface area contributed by atoms with E-state index in [-0.39, 0.29) is 23.1 Å². The predicted octanol–water partition coefficient (Wildman–Crippen LogP) is 5.16. The summed E-state index contributed by atoms with van der Waals surface area (Å²) < 4.78 is 7.53. The first kappa shape index (κ1) is 30.8. The van der Waals surface area contributed by atoms with E-state index in [0.717, 1.165) is 45.7 Å². The number of amides is 3. The Morgan fingerprint density at radius 2 is 1.80 bits per heavy atom. The number of carbonyl (C=O) groups is 3. The molecule has 4 aromatic heterocycles. The van der Waals surface area contributed by atoms with Gasteiger partial charge in [0.25, 0.3) is 11.5 Å². The number of aromatic nitrogens is 5. The van der Waals surface area contributed by atoms with Crippen molar-refractivity contribution in [2.75, 3.05) is 10.6 Å². The van der Waals surface area contributed by atoms with Crippen LogP contribution in [0.1, 0.15) is 96.8 Å². The number of anilines is 2. The second-order valence-corrected chi connectivity index (χ2v) is 14.4. The average molecular weight is 651 g/mol. The average Bonchev–Trinajstić information content (AvgIpc) is 3.75. The fourth-order valence-electron chi connectivity index (χ4n) is 5.60. The molecule has 0 aromatic carbocycles. The number of pyridine rings is 1. The first-order chi connectivity index (χ1) is 21.5. The minimum absolute atomic E-state index is 0.00864. The third kappa shape index (κ3) is 7.04. The van der Waals surface area contributed by atoms with Crippen LogP contribution in [0.25, 0.3) is 10.1 Å². The van der Waals surface area contributed by atoms with Crippen LogP contribution in [0.3, 0.4) is 0 Å². The van der Waals surface area contributed by atoms with Crippen molar-refractivity contribution in [3.8, 4) is 0 Å². The standard InChI is InChI=1S/C30H34N8O5S2/c1-30(2,3)43-29(42)35-22-12-21-17(13-31-22)11-18(44-21)14-33-24(39)20-9-10-23-32-15-19(28(41)38(20)23)34-25(40)27-37-36-26(45-27)16-7-5-4-6-8-16/h11-13,15-16,20H,4-10,14H2,1-3H3,(H,33,39)(H,34,40)(H,31,35,42)/t20-/m0/s1. The summed E-state index contributed by atoms with van der Waals surface area (Å²) in [6.45, 7) is 5.60. The lowest BCUT2D eigenvalue weighted by molar-refractivity contribution is -0.124. The lowest BCUT2D eigenvalue weighted by atomic mass is 9.90. The Balaban J connectivity index is 1.09. The van der Waals surface area contributed by atoms with Gasteiger partial charge < -0.3 is 15.4 Å². The zero-order valence-electron chi connectivity index (χ0n) is 25.2. The van der Waals surface area contributed by atoms with E-state index in [4.69, 9.17) is 4.74 Å². The largest absolute Gasteiger partial charge is 0.444 e. The molecule has 45 heavy (non-hydrogen) atoms. The van der Waals surface area contributed by atoms with E-state index in [1.165, 1.54) is 39.9 Å². The van der Waals surface area contributed by atoms with Crippen LogP contribution in [0.5, 0.6) is 0 Å². The molecular weight excluding hydrogens is 617 g/mol. The van der Waals surface area contributed by atoms with Crippen LogP contribution >= 0.6 is 22.7 Å². The monoisotopic (exact) mass is 650 g/mol. The summed E-state index contributed by atoms with van der Waals surface area (Å²) in [4.78, 5) is 61.3. The van der Waals surface area contributed by atoms with Gasteiger partial charge in [0.05, 0.1) is 12.7 Å². The fourth-order valence-corrected chi connectivity index (χ4v) is 7.52. The molecule has 3 N–H and O–H groups in total. The number of nitrogens with one attached hydrogen (secondary N) is 3. The molecule has 0 saturated heterocycles. The van der Waals surface area contributed by atoms with E-state index in [0.29, 0.717) is 30.4 Å². The second kappa shape index (κ2) is 12.6. The van der Waals surface area contributed by atoms with E-state index < -0.39 is 29.2 Å². The summed E-state index contributed by atoms with van der Waals surface area (Å²) in [6, 6.07) is 2.92. The molecule has 4 aromatic rings. The number of hydrogen-bond acceptors (Lipinski definition) is 11. The van der Waals surface area contributed by atoms with Gasteiger partial charge in [0.2, 0.25) is 10.9 Å². The van der Waals surface area contributed by atoms with Crippen LogP contribution in [0.4, 0.5) is 16.3 Å². The van der Waals surface area contributed by atoms with Gasteiger partial charge in [-0.25, -0.2) is 14.8 Å². The summed E-state index contributed by atoms with van der Waals surface area (Å²) in [5, 5.41) is 18.4. The fraction of sp³-hybridized carbons (Fsp3) is 0.467. The van der Waals surface area contributed by atoms with Crippen LogP contribution in [-0.2, 0) is 22.5 Å². The van der Waals surface area contributed by atoms with Gasteiger partial charge in [0, 0.05) is 33.5 Å². The van der Waals surface area contributed by atoms with Crippen molar-refractivity contribution in [3.05, 3.63) is 55.6 Å². The number of hydrogen-bond donors (Lipinski definition) is 3. The smallest absolute Gasteiger partial charge is 0.413 e. The van der Waals surface area contributed by atoms with Gasteiger partial charge in [0.1, 0.15) is 34.0 Å². The molecule has 15 heteroatoms. The van der Waals surface area contributed by atoms with Crippen molar-refractivity contribution < 1.29 is 19.1 Å². The highest BCUT2D eigenvalue weighted by molar-refractivity contribution is 7.19. The molecule has 1 fully saturated rings. The Hall–Kier alpha value is -4.24. The number of carbonyl (C=O) groups excluding carboxylic acids is 3. The Morgan fingerprint density at radius 1 is 1.00 bits per heavy atom. The van der Waals surface area contributed by atoms with Gasteiger partial charge in [-0.05, 0) is 52.2 Å². The molecule has 1 saturated carbocycles. The van der Waals surface area contributed by atoms with Crippen LogP contribution in [0.15, 0.2) is 29.3 Å². The van der Waals surface area contributed by atoms with Crippen molar-refractivity contribution in [2.45, 2.75) is 89.8 Å². The van der Waals surface area contributed by atoms with Crippen LogP contribution in [0.2, 0.25) is 0 Å². The normalized spacial score (nSPS) is 16.7. The quantitative estimate of drug-likeness (QED) is 0.245. The molecular formula is C30H34N8O5S2. The van der Waals surface area contributed by atoms with Gasteiger partial charge in [-0.2, -0.15) is 0 Å². The maximum Gasteiger partial charge on any atom is 0.413 e. The topological polar surface area (TPSA) is 170 Å². The van der Waals surface area contributed by atoms with E-state index in [1.54, 1.807) is 33.0 Å². The molecule has 0 spiro atoms. The van der Waals surface area contributed by atoms with Crippen LogP contribution in [-0.4, -0.2) is 48.2 Å². The highest BCUT2D eigenvalue weighted by Crippen LogP contribution is 2.34. The molecule has 1 atom stereocenters. The zero-order chi connectivity index (χ0) is 31.7. The summed E-state index contributed by atoms with van der Waals surface area (Å²) >= 11 is 2.72. The lowest BCUT2D eigenvalue weighted by Gasteiger charge is -2.19. The van der Waals surface area contributed by atoms with Crippen molar-refractivity contribution in [1.29, 1.82) is 0 Å². The van der Waals surface area contributed by atoms with Crippen molar-refractivity contribution in [3.63, 3.8) is 0 Å². The van der Waals surface area contributed by atoms with Gasteiger partial charge in [0.15, 0.2) is 0 Å². The predicted molar refractivity (Wildman–Crippen MR) is 171 cm³/mol. The van der Waals surface area contributed by atoms with Gasteiger partial charge in [-0.15, -0.1) is 21.5 Å². The summed E-state index contributed by atoms with van der Waals surface area (Å²) in [7, 11) is 0. The molecule has 0 radical (unpaired) electrons. The van der Waals surface area contributed by atoms with Crippen LogP contribution < -0.4 is 21.5 Å². The van der Waals surface area contributed by atoms with E-state index in [2.05, 4.69) is 36.1 Å². The highest BCUT2D eigenvalue weighted by Gasteiger charge is 2.32. The molecule has 2 aliphatic rings. The minimum atomic E-state index is -0.753. The number of aryl methyl sites for hydroxylation is 1. The Bertz CT molecular complexity index is 1820. The molecule has 6 rings (SSSR count). The van der Waals surface area contributed by atoms with E-state index >= 15 is 0 Å². The van der Waals surface area contributed by atoms with Gasteiger partial charge >= 0.3 is 6.09 Å². The van der Waals surface area contributed by atoms with Crippen LogP contribution in [0, 0.1) is 0 Å². The van der Waals surface area contributed by atoms with E-state index in [1.807, 2.05) is 6.07 Å². The maximum absolute atomic E-state index is 13.4. The first-order valence-electron chi connectivity index (χ1n) is 15.0. The Labute approximate surface area is 266 Å². The highest BCUT2D eigenvalue weighted by atomic mass is 32.1. The molecule has 13 nitrogen and oxygen atoms in total. The molecule has 236 valence electrons. The SMILES string of the molecule is CC(C)(C)OC(=O)Nc1cc2sc(CNC(=O)[C@@H]3CCc4ncc(NC(=O)c5nnc(C6CCCCC6)s5)c(=O)n43)cc2cn1. The molecule has 1 aliphatic carbocycles. The zero-order valence-corrected chi connectivity index (χ0v) is 26.8. The molecule has 3 amide bonds. The van der Waals surface area contributed by atoms with Crippen molar-refractivity contribution in [1.82, 2.24) is 30.0 Å². The molecule has 1 aliphatic heterocycles. The number of nitrogens with zero attached hydrogens (tertiary/aromatic N) is 5. The molecule has 5 heterocycles. The first-order valence-corrected chi connectivity index (χ1v) is 16.6. The number of rotatable bonds is 7. The van der Waals surface area contributed by atoms with Gasteiger partial charge in [-0.3, -0.25) is 24.3 Å². The number of thiophene rings is 1. The van der Waals surface area contributed by atoms with Gasteiger partial charge in [-0.1, -0.05) is 30.6 Å². The summed E-state index contributed by atoms with van der Waals surface area (Å²) in [6.07, 6.45) is 8.89.